The number of hydrogen-bond acceptors (Lipinski definition) is 7. The Morgan fingerprint density at radius 3 is 1.45 bits per heavy atom. The van der Waals surface area contributed by atoms with Crippen molar-refractivity contribution >= 4 is 17.3 Å². The Hall–Kier alpha value is 0.120. The van der Waals surface area contributed by atoms with E-state index in [-0.39, 0.29) is 49.4 Å². The fraction of sp³-hybridized carbons (Fsp3) is 0.667. The number of aliphatic carboxylic acids is 1. The summed E-state index contributed by atoms with van der Waals surface area (Å²) in [5.41, 5.74) is 0. The number of aliphatic hydroxyl groups excluding tert-OH is 3. The zero-order chi connectivity index (χ0) is 15.7. The summed E-state index contributed by atoms with van der Waals surface area (Å²) in [6.45, 7) is 4.71. The molecule has 9 nitrogen and oxygen atoms in total. The van der Waals surface area contributed by atoms with E-state index in [1.807, 2.05) is 0 Å². The van der Waals surface area contributed by atoms with Crippen LogP contribution in [0.1, 0.15) is 0 Å². The fourth-order valence-electron chi connectivity index (χ4n) is 0.760. The van der Waals surface area contributed by atoms with E-state index in [4.69, 9.17) is 33.7 Å². The number of carboxylic acids is 1. The molecule has 1 atom stereocenters. The predicted octanol–water partition coefficient (Wildman–Crippen LogP) is -5.14. The maximum absolute atomic E-state index is 9.25. The van der Waals surface area contributed by atoms with Gasteiger partial charge in [0.25, 0.3) is 0 Å². The first-order chi connectivity index (χ1) is 8.85. The van der Waals surface area contributed by atoms with Gasteiger partial charge in [-0.05, 0) is 0 Å². The third kappa shape index (κ3) is 42.9. The van der Waals surface area contributed by atoms with E-state index in [9.17, 15) is 4.79 Å². The minimum atomic E-state index is -2.86. The summed E-state index contributed by atoms with van der Waals surface area (Å²) >= 11 is -2.86. The Balaban J connectivity index is -0.000000108. The zero-order valence-electron chi connectivity index (χ0n) is 11.3. The summed E-state index contributed by atoms with van der Waals surface area (Å²) in [6.07, 6.45) is 0.833. The first-order valence-corrected chi connectivity index (χ1v) is 6.07. The number of aliphatic hydroxyl groups is 3. The molecule has 1 unspecified atom stereocenters. The third-order valence-corrected chi connectivity index (χ3v) is 1.42. The van der Waals surface area contributed by atoms with E-state index in [0.29, 0.717) is 19.6 Å². The van der Waals surface area contributed by atoms with Crippen molar-refractivity contribution in [2.24, 2.45) is 0 Å². The Morgan fingerprint density at radius 1 is 1.15 bits per heavy atom. The van der Waals surface area contributed by atoms with Crippen LogP contribution >= 0.6 is 0 Å². The van der Waals surface area contributed by atoms with E-state index in [1.54, 1.807) is 4.90 Å². The number of carbonyl (C=O) groups is 1. The van der Waals surface area contributed by atoms with Crippen LogP contribution in [0, 0.1) is 0 Å². The van der Waals surface area contributed by atoms with E-state index < -0.39 is 17.3 Å². The number of nitrogens with zero attached hydrogens (tertiary/aromatic N) is 1. The van der Waals surface area contributed by atoms with Crippen LogP contribution in [0.4, 0.5) is 0 Å². The van der Waals surface area contributed by atoms with Crippen LogP contribution in [0.2, 0.25) is 0 Å². The predicted molar refractivity (Wildman–Crippen MR) is 67.1 cm³/mol. The van der Waals surface area contributed by atoms with Crippen LogP contribution in [-0.4, -0.2) is 84.1 Å². The van der Waals surface area contributed by atoms with Crippen molar-refractivity contribution in [3.63, 3.8) is 0 Å². The molecule has 0 amide bonds. The molecule has 0 spiro atoms. The fourth-order valence-corrected chi connectivity index (χ4v) is 0.760. The molecule has 0 aliphatic rings. The van der Waals surface area contributed by atoms with Gasteiger partial charge in [-0.15, -0.1) is 0 Å². The monoisotopic (exact) mass is 325 g/mol. The quantitative estimate of drug-likeness (QED) is 0.175. The van der Waals surface area contributed by atoms with E-state index in [0.717, 1.165) is 6.08 Å². The van der Waals surface area contributed by atoms with Gasteiger partial charge in [-0.1, -0.05) is 6.58 Å². The van der Waals surface area contributed by atoms with E-state index in [2.05, 4.69) is 6.58 Å². The van der Waals surface area contributed by atoms with Crippen LogP contribution in [0.3, 0.4) is 0 Å². The molecule has 0 saturated heterocycles. The first kappa shape index (κ1) is 28.3. The van der Waals surface area contributed by atoms with Gasteiger partial charge in [0, 0.05) is 25.7 Å². The molecule has 0 radical (unpaired) electrons. The topological polar surface area (TPSA) is 162 Å². The molecule has 116 valence electrons. The van der Waals surface area contributed by atoms with Crippen LogP contribution in [0.15, 0.2) is 12.7 Å². The molecule has 0 aromatic rings. The first-order valence-electron chi connectivity index (χ1n) is 5.04. The van der Waals surface area contributed by atoms with Crippen molar-refractivity contribution in [1.29, 1.82) is 0 Å². The average molecular weight is 325 g/mol. The maximum atomic E-state index is 9.25. The number of carboxylic acid groups (broad SMARTS) is 1. The third-order valence-electron chi connectivity index (χ3n) is 1.42. The van der Waals surface area contributed by atoms with Crippen molar-refractivity contribution in [3.8, 4) is 0 Å². The van der Waals surface area contributed by atoms with Gasteiger partial charge in [0.1, 0.15) is 0 Å². The number of rotatable bonds is 7. The molecule has 20 heavy (non-hydrogen) atoms. The molecule has 0 rings (SSSR count). The molecule has 0 saturated carbocycles. The van der Waals surface area contributed by atoms with Gasteiger partial charge in [0.05, 0.1) is 31.2 Å². The van der Waals surface area contributed by atoms with Crippen LogP contribution in [0.5, 0.6) is 0 Å². The smallest absolute Gasteiger partial charge is 0.750 e. The second-order valence-electron chi connectivity index (χ2n) is 2.77. The van der Waals surface area contributed by atoms with Gasteiger partial charge in [-0.2, -0.15) is 0 Å². The summed E-state index contributed by atoms with van der Waals surface area (Å²) in [4.78, 5) is 11.0. The van der Waals surface area contributed by atoms with Crippen LogP contribution in [0.25, 0.3) is 0 Å². The Bertz CT molecular complexity index is 226. The van der Waals surface area contributed by atoms with Crippen molar-refractivity contribution in [1.82, 2.24) is 4.90 Å². The summed E-state index contributed by atoms with van der Waals surface area (Å²) in [6, 6.07) is 0. The summed E-state index contributed by atoms with van der Waals surface area (Å²) < 4.78 is 24.1. The Morgan fingerprint density at radius 2 is 1.35 bits per heavy atom. The molecular weight excluding hydrogens is 305 g/mol. The largest absolute Gasteiger partial charge is 1.00 e. The SMILES string of the molecule is C=CC(=O)O.O=S([O-])O.OCCN(CCO)CCO.[Na+]. The van der Waals surface area contributed by atoms with Crippen LogP contribution in [-0.2, 0) is 16.2 Å². The maximum Gasteiger partial charge on any atom is 1.00 e. The molecular formula is C9H20NNaO8S. The standard InChI is InChI=1S/C6H15NO3.C3H4O2.Na.H2O3S/c8-4-1-7(2-5-9)3-6-10;1-2-3(4)5;;1-4(2)3/h8-10H,1-6H2;2H,1H2,(H,4,5);;(H2,1,2,3)/q;;+1;/p-1. The molecule has 0 heterocycles. The van der Waals surface area contributed by atoms with Gasteiger partial charge >= 0.3 is 35.5 Å². The summed E-state index contributed by atoms with van der Waals surface area (Å²) in [5, 5.41) is 33.1. The van der Waals surface area contributed by atoms with Crippen molar-refractivity contribution in [2.45, 2.75) is 0 Å². The Labute approximate surface area is 142 Å². The molecule has 11 heteroatoms. The zero-order valence-corrected chi connectivity index (χ0v) is 14.2. The van der Waals surface area contributed by atoms with Crippen molar-refractivity contribution in [2.75, 3.05) is 39.5 Å². The molecule has 0 fully saturated rings. The van der Waals surface area contributed by atoms with Gasteiger partial charge in [0.15, 0.2) is 0 Å². The molecule has 0 aromatic carbocycles. The van der Waals surface area contributed by atoms with Crippen molar-refractivity contribution in [3.05, 3.63) is 12.7 Å². The van der Waals surface area contributed by atoms with Gasteiger partial charge < -0.3 is 29.5 Å². The second-order valence-corrected chi connectivity index (χ2v) is 3.21. The Kier molecular flexibility index (Phi) is 34.2. The molecule has 0 aromatic heterocycles. The minimum absolute atomic E-state index is 0. The second kappa shape index (κ2) is 24.2. The summed E-state index contributed by atoms with van der Waals surface area (Å²) in [5.74, 6) is -0.981. The van der Waals surface area contributed by atoms with Crippen molar-refractivity contribution < 1.29 is 68.1 Å². The van der Waals surface area contributed by atoms with Gasteiger partial charge in [-0.25, -0.2) is 9.00 Å². The van der Waals surface area contributed by atoms with Gasteiger partial charge in [0.2, 0.25) is 0 Å². The molecule has 0 aliphatic heterocycles. The normalized spacial score (nSPS) is 10.1. The van der Waals surface area contributed by atoms with Crippen LogP contribution < -0.4 is 29.6 Å². The number of hydrogen-bond donors (Lipinski definition) is 5. The van der Waals surface area contributed by atoms with E-state index in [1.165, 1.54) is 0 Å². The average Bonchev–Trinajstić information content (AvgIpc) is 2.30. The minimum Gasteiger partial charge on any atom is -0.750 e. The molecule has 0 aliphatic carbocycles. The molecule has 0 bridgehead atoms. The van der Waals surface area contributed by atoms with E-state index >= 15 is 0 Å². The summed E-state index contributed by atoms with van der Waals surface area (Å²) in [7, 11) is 0. The molecule has 5 N–H and O–H groups in total. The van der Waals surface area contributed by atoms with Gasteiger partial charge in [-0.3, -0.25) is 4.90 Å².